The summed E-state index contributed by atoms with van der Waals surface area (Å²) in [4.78, 5) is 37.8. The van der Waals surface area contributed by atoms with Gasteiger partial charge >= 0.3 is 5.97 Å². The highest BCUT2D eigenvalue weighted by Gasteiger charge is 2.25. The predicted molar refractivity (Wildman–Crippen MR) is 116 cm³/mol. The maximum absolute atomic E-state index is 12.6. The first kappa shape index (κ1) is 20.2. The lowest BCUT2D eigenvalue weighted by atomic mass is 10.1. The van der Waals surface area contributed by atoms with Crippen molar-refractivity contribution < 1.29 is 24.2 Å². The molecule has 1 aliphatic heterocycles. The van der Waals surface area contributed by atoms with Gasteiger partial charge in [0.25, 0.3) is 11.8 Å². The fraction of sp³-hybridized carbons (Fsp3) is 0.125. The van der Waals surface area contributed by atoms with Crippen molar-refractivity contribution in [3.63, 3.8) is 0 Å². The quantitative estimate of drug-likeness (QED) is 0.658. The van der Waals surface area contributed by atoms with Gasteiger partial charge in [0.1, 0.15) is 5.75 Å². The summed E-state index contributed by atoms with van der Waals surface area (Å²) in [6.07, 6.45) is 0. The van der Waals surface area contributed by atoms with Crippen LogP contribution < -0.4 is 15.0 Å². The van der Waals surface area contributed by atoms with Crippen LogP contribution in [0.2, 0.25) is 0 Å². The largest absolute Gasteiger partial charge is 0.482 e. The SMILES string of the molecule is Cc1ccc(C(=O)O)cc1NC(=O)c1ccc(CN2C(=O)COc3ccccc32)cc1. The van der Waals surface area contributed by atoms with Gasteiger partial charge in [0.15, 0.2) is 6.61 Å². The molecule has 0 unspecified atom stereocenters. The lowest BCUT2D eigenvalue weighted by Gasteiger charge is -2.29. The molecule has 0 spiro atoms. The molecular weight excluding hydrogens is 396 g/mol. The van der Waals surface area contributed by atoms with Crippen LogP contribution in [0.4, 0.5) is 11.4 Å². The number of hydrogen-bond donors (Lipinski definition) is 2. The summed E-state index contributed by atoms with van der Waals surface area (Å²) < 4.78 is 5.46. The number of benzene rings is 3. The van der Waals surface area contributed by atoms with Crippen LogP contribution in [-0.4, -0.2) is 29.5 Å². The number of hydrogen-bond acceptors (Lipinski definition) is 4. The molecule has 0 radical (unpaired) electrons. The van der Waals surface area contributed by atoms with Gasteiger partial charge in [0.2, 0.25) is 0 Å². The highest BCUT2D eigenvalue weighted by molar-refractivity contribution is 6.05. The minimum Gasteiger partial charge on any atom is -0.482 e. The van der Waals surface area contributed by atoms with E-state index in [2.05, 4.69) is 5.32 Å². The Morgan fingerprint density at radius 1 is 1.03 bits per heavy atom. The van der Waals surface area contributed by atoms with E-state index in [9.17, 15) is 14.4 Å². The van der Waals surface area contributed by atoms with Crippen LogP contribution in [0, 0.1) is 6.92 Å². The number of para-hydroxylation sites is 2. The van der Waals surface area contributed by atoms with Crippen molar-refractivity contribution >= 4 is 29.2 Å². The third-order valence-corrected chi connectivity index (χ3v) is 5.10. The number of nitrogens with zero attached hydrogens (tertiary/aromatic N) is 1. The summed E-state index contributed by atoms with van der Waals surface area (Å²) in [5.74, 6) is -0.865. The van der Waals surface area contributed by atoms with Crippen molar-refractivity contribution in [1.29, 1.82) is 0 Å². The second-order valence-electron chi connectivity index (χ2n) is 7.22. The number of amides is 2. The highest BCUT2D eigenvalue weighted by Crippen LogP contribution is 2.32. The molecule has 0 saturated carbocycles. The van der Waals surface area contributed by atoms with Crippen LogP contribution in [0.1, 0.15) is 31.8 Å². The molecule has 156 valence electrons. The second kappa shape index (κ2) is 8.31. The van der Waals surface area contributed by atoms with Crippen molar-refractivity contribution in [2.75, 3.05) is 16.8 Å². The summed E-state index contributed by atoms with van der Waals surface area (Å²) in [5.41, 5.74) is 3.33. The Hall–Kier alpha value is -4.13. The Balaban J connectivity index is 1.49. The fourth-order valence-corrected chi connectivity index (χ4v) is 3.36. The van der Waals surface area contributed by atoms with E-state index in [-0.39, 0.29) is 24.0 Å². The van der Waals surface area contributed by atoms with Gasteiger partial charge in [-0.25, -0.2) is 4.79 Å². The number of aryl methyl sites for hydroxylation is 1. The maximum Gasteiger partial charge on any atom is 0.335 e. The molecule has 0 atom stereocenters. The molecule has 0 fully saturated rings. The molecule has 7 heteroatoms. The van der Waals surface area contributed by atoms with Crippen molar-refractivity contribution in [3.8, 4) is 5.75 Å². The summed E-state index contributed by atoms with van der Waals surface area (Å²) in [7, 11) is 0. The molecule has 1 heterocycles. The maximum atomic E-state index is 12.6. The molecular formula is C24H20N2O5. The minimum absolute atomic E-state index is 0.00768. The minimum atomic E-state index is -1.06. The molecule has 3 aromatic rings. The summed E-state index contributed by atoms with van der Waals surface area (Å²) >= 11 is 0. The van der Waals surface area contributed by atoms with Gasteiger partial charge < -0.3 is 20.1 Å². The van der Waals surface area contributed by atoms with Crippen LogP contribution in [0.25, 0.3) is 0 Å². The Morgan fingerprint density at radius 2 is 1.74 bits per heavy atom. The molecule has 0 saturated heterocycles. The fourth-order valence-electron chi connectivity index (χ4n) is 3.36. The van der Waals surface area contributed by atoms with E-state index in [0.717, 1.165) is 11.1 Å². The van der Waals surface area contributed by atoms with E-state index in [1.54, 1.807) is 42.2 Å². The Morgan fingerprint density at radius 3 is 2.48 bits per heavy atom. The van der Waals surface area contributed by atoms with E-state index >= 15 is 0 Å². The zero-order valence-corrected chi connectivity index (χ0v) is 16.8. The Bertz CT molecular complexity index is 1170. The van der Waals surface area contributed by atoms with Crippen molar-refractivity contribution in [2.24, 2.45) is 0 Å². The summed E-state index contributed by atoms with van der Waals surface area (Å²) in [6.45, 7) is 2.15. The van der Waals surface area contributed by atoms with Crippen LogP contribution >= 0.6 is 0 Å². The van der Waals surface area contributed by atoms with Crippen molar-refractivity contribution in [1.82, 2.24) is 0 Å². The monoisotopic (exact) mass is 416 g/mol. The Kier molecular flexibility index (Phi) is 5.41. The topological polar surface area (TPSA) is 95.9 Å². The van der Waals surface area contributed by atoms with Gasteiger partial charge in [-0.3, -0.25) is 9.59 Å². The highest BCUT2D eigenvalue weighted by atomic mass is 16.5. The van der Waals surface area contributed by atoms with E-state index in [4.69, 9.17) is 9.84 Å². The molecule has 31 heavy (non-hydrogen) atoms. The van der Waals surface area contributed by atoms with Gasteiger partial charge in [-0.1, -0.05) is 30.3 Å². The lowest BCUT2D eigenvalue weighted by Crippen LogP contribution is -2.38. The average molecular weight is 416 g/mol. The second-order valence-corrected chi connectivity index (χ2v) is 7.22. The van der Waals surface area contributed by atoms with Gasteiger partial charge in [-0.15, -0.1) is 0 Å². The standard InChI is InChI=1S/C24H20N2O5/c1-15-6-9-18(24(29)30)12-19(15)25-23(28)17-10-7-16(8-11-17)13-26-20-4-2-3-5-21(20)31-14-22(26)27/h2-12H,13-14H2,1H3,(H,25,28)(H,29,30). The van der Waals surface area contributed by atoms with E-state index in [1.807, 2.05) is 24.3 Å². The van der Waals surface area contributed by atoms with Crippen molar-refractivity contribution in [2.45, 2.75) is 13.5 Å². The number of carboxylic acids is 1. The number of anilines is 2. The van der Waals surface area contributed by atoms with Gasteiger partial charge in [0, 0.05) is 11.3 Å². The molecule has 0 aliphatic carbocycles. The van der Waals surface area contributed by atoms with Crippen molar-refractivity contribution in [3.05, 3.63) is 89.0 Å². The van der Waals surface area contributed by atoms with E-state index < -0.39 is 5.97 Å². The molecule has 0 aromatic heterocycles. The number of carbonyl (C=O) groups excluding carboxylic acids is 2. The molecule has 3 aromatic carbocycles. The number of carbonyl (C=O) groups is 3. The van der Waals surface area contributed by atoms with Gasteiger partial charge in [-0.2, -0.15) is 0 Å². The van der Waals surface area contributed by atoms with E-state index in [1.165, 1.54) is 12.1 Å². The molecule has 2 amide bonds. The third kappa shape index (κ3) is 4.25. The smallest absolute Gasteiger partial charge is 0.335 e. The zero-order valence-electron chi connectivity index (χ0n) is 16.8. The zero-order chi connectivity index (χ0) is 22.0. The first-order valence-corrected chi connectivity index (χ1v) is 9.69. The normalized spacial score (nSPS) is 12.7. The number of rotatable bonds is 5. The molecule has 2 N–H and O–H groups in total. The first-order chi connectivity index (χ1) is 14.9. The van der Waals surface area contributed by atoms with Crippen LogP contribution in [0.5, 0.6) is 5.75 Å². The summed E-state index contributed by atoms with van der Waals surface area (Å²) in [5, 5.41) is 11.9. The van der Waals surface area contributed by atoms with Crippen LogP contribution in [-0.2, 0) is 11.3 Å². The molecule has 4 rings (SSSR count). The number of fused-ring (bicyclic) bond motifs is 1. The number of aromatic carboxylic acids is 1. The number of ether oxygens (including phenoxy) is 1. The Labute approximate surface area is 178 Å². The van der Waals surface area contributed by atoms with E-state index in [0.29, 0.717) is 29.2 Å². The first-order valence-electron chi connectivity index (χ1n) is 9.69. The lowest BCUT2D eigenvalue weighted by molar-refractivity contribution is -0.121. The third-order valence-electron chi connectivity index (χ3n) is 5.10. The average Bonchev–Trinajstić information content (AvgIpc) is 2.77. The van der Waals surface area contributed by atoms with Crippen LogP contribution in [0.15, 0.2) is 66.7 Å². The van der Waals surface area contributed by atoms with Gasteiger partial charge in [0.05, 0.1) is 17.8 Å². The predicted octanol–water partition coefficient (Wildman–Crippen LogP) is 3.87. The summed E-state index contributed by atoms with van der Waals surface area (Å²) in [6, 6.07) is 18.9. The van der Waals surface area contributed by atoms with Gasteiger partial charge in [-0.05, 0) is 54.4 Å². The molecule has 1 aliphatic rings. The van der Waals surface area contributed by atoms with Crippen LogP contribution in [0.3, 0.4) is 0 Å². The number of nitrogens with one attached hydrogen (secondary N) is 1. The molecule has 0 bridgehead atoms. The molecule has 7 nitrogen and oxygen atoms in total. The number of carboxylic acid groups (broad SMARTS) is 1.